The second-order valence-corrected chi connectivity index (χ2v) is 6.72. The fourth-order valence-electron chi connectivity index (χ4n) is 2.56. The molecule has 0 aliphatic carbocycles. The highest BCUT2D eigenvalue weighted by Crippen LogP contribution is 2.28. The fourth-order valence-corrected chi connectivity index (χ4v) is 3.51. The van der Waals surface area contributed by atoms with Crippen LogP contribution in [0.5, 0.6) is 5.75 Å². The zero-order chi connectivity index (χ0) is 19.6. The molecule has 146 valence electrons. The molecular formula is C19H23NO6S. The van der Waals surface area contributed by atoms with E-state index in [1.807, 2.05) is 24.3 Å². The van der Waals surface area contributed by atoms with E-state index < -0.39 is 5.97 Å². The minimum absolute atomic E-state index is 0.0716. The van der Waals surface area contributed by atoms with Gasteiger partial charge in [0.15, 0.2) is 0 Å². The average Bonchev–Trinajstić information content (AvgIpc) is 3.03. The van der Waals surface area contributed by atoms with Crippen LogP contribution in [0.4, 0.5) is 0 Å². The third-order valence-electron chi connectivity index (χ3n) is 3.93. The number of hydrogen-bond donors (Lipinski definition) is 0. The molecule has 1 fully saturated rings. The van der Waals surface area contributed by atoms with Crippen molar-refractivity contribution in [2.75, 3.05) is 33.1 Å². The smallest absolute Gasteiger partial charge is 0.333 e. The van der Waals surface area contributed by atoms with E-state index in [4.69, 9.17) is 9.47 Å². The highest BCUT2D eigenvalue weighted by molar-refractivity contribution is 8.04. The van der Waals surface area contributed by atoms with Crippen LogP contribution >= 0.6 is 11.8 Å². The van der Waals surface area contributed by atoms with Crippen LogP contribution < -0.4 is 4.74 Å². The molecule has 1 saturated heterocycles. The maximum atomic E-state index is 11.9. The number of hydrogen-bond acceptors (Lipinski definition) is 7. The van der Waals surface area contributed by atoms with Crippen LogP contribution in [-0.4, -0.2) is 55.9 Å². The van der Waals surface area contributed by atoms with Gasteiger partial charge in [0.1, 0.15) is 5.75 Å². The van der Waals surface area contributed by atoms with Crippen LogP contribution in [0.2, 0.25) is 0 Å². The number of carbonyl (C=O) groups is 3. The van der Waals surface area contributed by atoms with Gasteiger partial charge in [-0.1, -0.05) is 30.0 Å². The molecule has 0 radical (unpaired) electrons. The lowest BCUT2D eigenvalue weighted by Crippen LogP contribution is -2.27. The zero-order valence-corrected chi connectivity index (χ0v) is 16.3. The van der Waals surface area contributed by atoms with Gasteiger partial charge in [-0.05, 0) is 24.5 Å². The standard InChI is InChI=1S/C19H23NO6S/c1-24-15-7-4-3-6-14(15)8-9-18(22)26-11-5-10-20-16(21)13-27-17(20)12-19(23)25-2/h3-4,6-7,12H,5,8-11,13H2,1-2H3/b17-12+. The van der Waals surface area contributed by atoms with Gasteiger partial charge in [0.05, 0.1) is 37.7 Å². The van der Waals surface area contributed by atoms with E-state index in [1.54, 1.807) is 7.11 Å². The first-order valence-corrected chi connectivity index (χ1v) is 9.54. The molecule has 0 aromatic heterocycles. The molecule has 8 heteroatoms. The predicted molar refractivity (Wildman–Crippen MR) is 101 cm³/mol. The molecule has 0 bridgehead atoms. The lowest BCUT2D eigenvalue weighted by molar-refractivity contribution is -0.143. The summed E-state index contributed by atoms with van der Waals surface area (Å²) in [5.41, 5.74) is 0.953. The van der Waals surface area contributed by atoms with Gasteiger partial charge >= 0.3 is 11.9 Å². The molecule has 0 spiro atoms. The van der Waals surface area contributed by atoms with Crippen molar-refractivity contribution in [3.05, 3.63) is 40.9 Å². The van der Waals surface area contributed by atoms with Crippen molar-refractivity contribution in [1.82, 2.24) is 4.90 Å². The molecule has 1 aromatic carbocycles. The highest BCUT2D eigenvalue weighted by Gasteiger charge is 2.27. The van der Waals surface area contributed by atoms with Gasteiger partial charge in [0.25, 0.3) is 0 Å². The summed E-state index contributed by atoms with van der Waals surface area (Å²) < 4.78 is 15.1. The van der Waals surface area contributed by atoms with Crippen LogP contribution in [0.1, 0.15) is 18.4 Å². The Morgan fingerprint density at radius 3 is 2.78 bits per heavy atom. The number of para-hydroxylation sites is 1. The van der Waals surface area contributed by atoms with Crippen molar-refractivity contribution >= 4 is 29.6 Å². The number of benzene rings is 1. The molecule has 0 N–H and O–H groups in total. The molecule has 1 aliphatic heterocycles. The maximum absolute atomic E-state index is 11.9. The first-order chi connectivity index (χ1) is 13.0. The number of aryl methyl sites for hydroxylation is 1. The average molecular weight is 393 g/mol. The third kappa shape index (κ3) is 6.32. The minimum Gasteiger partial charge on any atom is -0.496 e. The lowest BCUT2D eigenvalue weighted by atomic mass is 10.1. The minimum atomic E-state index is -0.500. The highest BCUT2D eigenvalue weighted by atomic mass is 32.2. The number of amides is 1. The van der Waals surface area contributed by atoms with Crippen molar-refractivity contribution in [3.63, 3.8) is 0 Å². The summed E-state index contributed by atoms with van der Waals surface area (Å²) in [6.45, 7) is 0.596. The molecule has 0 unspecified atom stereocenters. The van der Waals surface area contributed by atoms with Gasteiger partial charge in [-0.2, -0.15) is 0 Å². The second-order valence-electron chi connectivity index (χ2n) is 5.73. The van der Waals surface area contributed by atoms with E-state index in [-0.39, 0.29) is 24.9 Å². The van der Waals surface area contributed by atoms with Crippen molar-refractivity contribution in [2.24, 2.45) is 0 Å². The molecule has 0 atom stereocenters. The Labute approximate surface area is 162 Å². The molecular weight excluding hydrogens is 370 g/mol. The van der Waals surface area contributed by atoms with Crippen LogP contribution in [0, 0.1) is 0 Å². The molecule has 1 aromatic rings. The van der Waals surface area contributed by atoms with Crippen molar-refractivity contribution < 1.29 is 28.6 Å². The predicted octanol–water partition coefficient (Wildman–Crippen LogP) is 2.15. The first-order valence-electron chi connectivity index (χ1n) is 8.55. The summed E-state index contributed by atoms with van der Waals surface area (Å²) in [7, 11) is 2.88. The summed E-state index contributed by atoms with van der Waals surface area (Å²) in [6.07, 6.45) is 2.59. The lowest BCUT2D eigenvalue weighted by Gasteiger charge is -2.16. The van der Waals surface area contributed by atoms with E-state index in [1.165, 1.54) is 29.8 Å². The van der Waals surface area contributed by atoms with Crippen LogP contribution in [0.15, 0.2) is 35.4 Å². The zero-order valence-electron chi connectivity index (χ0n) is 15.4. The normalized spacial score (nSPS) is 15.1. The summed E-state index contributed by atoms with van der Waals surface area (Å²) >= 11 is 1.29. The topological polar surface area (TPSA) is 82.1 Å². The quantitative estimate of drug-likeness (QED) is 0.361. The van der Waals surface area contributed by atoms with Crippen molar-refractivity contribution in [2.45, 2.75) is 19.3 Å². The Balaban J connectivity index is 1.72. The fraction of sp³-hybridized carbons (Fsp3) is 0.421. The molecule has 27 heavy (non-hydrogen) atoms. The van der Waals surface area contributed by atoms with Gasteiger partial charge in [-0.25, -0.2) is 4.79 Å². The summed E-state index contributed by atoms with van der Waals surface area (Å²) in [5.74, 6) is 0.174. The number of rotatable bonds is 9. The van der Waals surface area contributed by atoms with Crippen LogP contribution in [0.3, 0.4) is 0 Å². The third-order valence-corrected chi connectivity index (χ3v) is 4.96. The second kappa shape index (κ2) is 10.6. The number of esters is 2. The summed E-state index contributed by atoms with van der Waals surface area (Å²) in [5, 5.41) is 0.564. The van der Waals surface area contributed by atoms with Gasteiger partial charge in [-0.3, -0.25) is 9.59 Å². The van der Waals surface area contributed by atoms with Gasteiger partial charge in [-0.15, -0.1) is 0 Å². The molecule has 0 saturated carbocycles. The Kier molecular flexibility index (Phi) is 8.19. The first kappa shape index (κ1) is 20.8. The Bertz CT molecular complexity index is 718. The van der Waals surface area contributed by atoms with E-state index >= 15 is 0 Å². The Morgan fingerprint density at radius 2 is 2.04 bits per heavy atom. The molecule has 1 heterocycles. The molecule has 1 amide bonds. The summed E-state index contributed by atoms with van der Waals surface area (Å²) in [6, 6.07) is 7.54. The molecule has 7 nitrogen and oxygen atoms in total. The van der Waals surface area contributed by atoms with Crippen molar-refractivity contribution in [1.29, 1.82) is 0 Å². The largest absolute Gasteiger partial charge is 0.496 e. The number of carbonyl (C=O) groups excluding carboxylic acids is 3. The summed E-state index contributed by atoms with van der Waals surface area (Å²) in [4.78, 5) is 36.7. The monoisotopic (exact) mass is 393 g/mol. The number of nitrogens with zero attached hydrogens (tertiary/aromatic N) is 1. The number of ether oxygens (including phenoxy) is 3. The van der Waals surface area contributed by atoms with Crippen molar-refractivity contribution in [3.8, 4) is 5.75 Å². The number of thioether (sulfide) groups is 1. The van der Waals surface area contributed by atoms with E-state index in [0.29, 0.717) is 30.2 Å². The van der Waals surface area contributed by atoms with Gasteiger partial charge < -0.3 is 19.1 Å². The molecule has 2 rings (SSSR count). The van der Waals surface area contributed by atoms with E-state index in [2.05, 4.69) is 4.74 Å². The van der Waals surface area contributed by atoms with E-state index in [0.717, 1.165) is 11.3 Å². The Hall–Kier alpha value is -2.48. The molecule has 1 aliphatic rings. The SMILES string of the molecule is COC(=O)/C=C1/SCC(=O)N1CCCOC(=O)CCc1ccccc1OC. The maximum Gasteiger partial charge on any atom is 0.333 e. The van der Waals surface area contributed by atoms with Gasteiger partial charge in [0, 0.05) is 13.0 Å². The van der Waals surface area contributed by atoms with Gasteiger partial charge in [0.2, 0.25) is 5.91 Å². The van der Waals surface area contributed by atoms with E-state index in [9.17, 15) is 14.4 Å². The number of methoxy groups -OCH3 is 2. The Morgan fingerprint density at radius 1 is 1.26 bits per heavy atom. The van der Waals surface area contributed by atoms with Crippen LogP contribution in [-0.2, 0) is 30.3 Å². The van der Waals surface area contributed by atoms with Crippen LogP contribution in [0.25, 0.3) is 0 Å².